The van der Waals surface area contributed by atoms with E-state index in [2.05, 4.69) is 48.2 Å². The monoisotopic (exact) mass is 287 g/mol. The van der Waals surface area contributed by atoms with E-state index in [-0.39, 0.29) is 6.04 Å². The van der Waals surface area contributed by atoms with Crippen LogP contribution in [-0.4, -0.2) is 49.6 Å². The minimum Gasteiger partial charge on any atom is -0.323 e. The molecule has 2 unspecified atom stereocenters. The Balaban J connectivity index is 1.71. The van der Waals surface area contributed by atoms with Crippen molar-refractivity contribution in [3.8, 4) is 0 Å². The van der Waals surface area contributed by atoms with E-state index < -0.39 is 0 Å². The Morgan fingerprint density at radius 3 is 2.38 bits per heavy atom. The molecule has 0 amide bonds. The lowest BCUT2D eigenvalue weighted by Gasteiger charge is -2.33. The number of benzene rings is 1. The third kappa shape index (κ3) is 3.31. The minimum atomic E-state index is 0.103. The van der Waals surface area contributed by atoms with Crippen LogP contribution < -0.4 is 5.73 Å². The van der Waals surface area contributed by atoms with E-state index in [1.807, 2.05) is 0 Å². The van der Waals surface area contributed by atoms with Crippen LogP contribution in [0.4, 0.5) is 0 Å². The molecule has 1 aliphatic heterocycles. The van der Waals surface area contributed by atoms with E-state index in [0.717, 1.165) is 19.0 Å². The van der Waals surface area contributed by atoms with Crippen molar-refractivity contribution >= 4 is 0 Å². The van der Waals surface area contributed by atoms with Gasteiger partial charge in [-0.05, 0) is 63.5 Å². The zero-order valence-corrected chi connectivity index (χ0v) is 13.5. The van der Waals surface area contributed by atoms with E-state index in [9.17, 15) is 0 Å². The summed E-state index contributed by atoms with van der Waals surface area (Å²) in [5, 5.41) is 0. The fraction of sp³-hybridized carbons (Fsp3) is 0.667. The average molecular weight is 287 g/mol. The molecule has 2 fully saturated rings. The summed E-state index contributed by atoms with van der Waals surface area (Å²) in [7, 11) is 4.42. The summed E-state index contributed by atoms with van der Waals surface area (Å²) in [6.07, 6.45) is 5.35. The maximum Gasteiger partial charge on any atom is 0.0465 e. The first-order valence-corrected chi connectivity index (χ1v) is 8.39. The third-order valence-electron chi connectivity index (χ3n) is 5.43. The summed E-state index contributed by atoms with van der Waals surface area (Å²) in [5.41, 5.74) is 9.38. The summed E-state index contributed by atoms with van der Waals surface area (Å²) in [4.78, 5) is 4.85. The zero-order chi connectivity index (χ0) is 14.8. The van der Waals surface area contributed by atoms with Gasteiger partial charge in [-0.3, -0.25) is 0 Å². The number of nitrogens with two attached hydrogens (primary N) is 1. The molecule has 2 aliphatic rings. The quantitative estimate of drug-likeness (QED) is 0.927. The first-order valence-electron chi connectivity index (χ1n) is 8.39. The molecular weight excluding hydrogens is 258 g/mol. The zero-order valence-electron chi connectivity index (χ0n) is 13.5. The largest absolute Gasteiger partial charge is 0.323 e. The Bertz CT molecular complexity index is 452. The van der Waals surface area contributed by atoms with Crippen LogP contribution in [0.1, 0.15) is 48.8 Å². The molecular formula is C18H29N3. The minimum absolute atomic E-state index is 0.103. The predicted molar refractivity (Wildman–Crippen MR) is 88.5 cm³/mol. The lowest BCUT2D eigenvalue weighted by molar-refractivity contribution is 0.196. The van der Waals surface area contributed by atoms with E-state index in [4.69, 9.17) is 5.73 Å². The van der Waals surface area contributed by atoms with Gasteiger partial charge in [0.25, 0.3) is 0 Å². The molecule has 1 aromatic carbocycles. The lowest BCUT2D eigenvalue weighted by Crippen LogP contribution is -2.45. The van der Waals surface area contributed by atoms with Crippen molar-refractivity contribution in [1.82, 2.24) is 9.80 Å². The van der Waals surface area contributed by atoms with Crippen molar-refractivity contribution in [2.24, 2.45) is 5.73 Å². The SMILES string of the molecule is CN1CCCN(C)C(C(N)c2ccc(C3CCC3)cc2)C1. The Hall–Kier alpha value is -0.900. The maximum atomic E-state index is 6.60. The molecule has 0 spiro atoms. The Kier molecular flexibility index (Phi) is 4.63. The Morgan fingerprint density at radius 1 is 1.05 bits per heavy atom. The van der Waals surface area contributed by atoms with Gasteiger partial charge in [-0.15, -0.1) is 0 Å². The topological polar surface area (TPSA) is 32.5 Å². The van der Waals surface area contributed by atoms with Crippen LogP contribution in [0.2, 0.25) is 0 Å². The van der Waals surface area contributed by atoms with Crippen molar-refractivity contribution in [2.45, 2.75) is 43.7 Å². The van der Waals surface area contributed by atoms with Gasteiger partial charge in [0.1, 0.15) is 0 Å². The van der Waals surface area contributed by atoms with Gasteiger partial charge in [0.05, 0.1) is 0 Å². The normalized spacial score (nSPS) is 27.1. The fourth-order valence-electron chi connectivity index (χ4n) is 3.65. The van der Waals surface area contributed by atoms with E-state index in [1.54, 1.807) is 0 Å². The highest BCUT2D eigenvalue weighted by Gasteiger charge is 2.27. The van der Waals surface area contributed by atoms with Gasteiger partial charge in [-0.25, -0.2) is 0 Å². The molecule has 1 saturated heterocycles. The molecule has 1 heterocycles. The fourth-order valence-corrected chi connectivity index (χ4v) is 3.65. The summed E-state index contributed by atoms with van der Waals surface area (Å²) < 4.78 is 0. The van der Waals surface area contributed by atoms with Crippen LogP contribution >= 0.6 is 0 Å². The van der Waals surface area contributed by atoms with E-state index in [1.165, 1.54) is 43.4 Å². The van der Waals surface area contributed by atoms with Crippen molar-refractivity contribution in [3.63, 3.8) is 0 Å². The molecule has 3 heteroatoms. The summed E-state index contributed by atoms with van der Waals surface area (Å²) >= 11 is 0. The van der Waals surface area contributed by atoms with Crippen molar-refractivity contribution in [1.29, 1.82) is 0 Å². The molecule has 3 rings (SSSR count). The van der Waals surface area contributed by atoms with Gasteiger partial charge in [-0.2, -0.15) is 0 Å². The second-order valence-corrected chi connectivity index (χ2v) is 6.98. The van der Waals surface area contributed by atoms with Gasteiger partial charge < -0.3 is 15.5 Å². The summed E-state index contributed by atoms with van der Waals surface area (Å²) in [6, 6.07) is 9.64. The molecule has 0 aromatic heterocycles. The number of hydrogen-bond acceptors (Lipinski definition) is 3. The van der Waals surface area contributed by atoms with Gasteiger partial charge in [0.2, 0.25) is 0 Å². The average Bonchev–Trinajstić information content (AvgIpc) is 2.59. The molecule has 1 saturated carbocycles. The summed E-state index contributed by atoms with van der Waals surface area (Å²) in [5.74, 6) is 0.807. The van der Waals surface area contributed by atoms with E-state index >= 15 is 0 Å². The molecule has 3 nitrogen and oxygen atoms in total. The number of rotatable bonds is 3. The maximum absolute atomic E-state index is 6.60. The molecule has 0 radical (unpaired) electrons. The molecule has 2 atom stereocenters. The third-order valence-corrected chi connectivity index (χ3v) is 5.43. The first kappa shape index (κ1) is 15.0. The smallest absolute Gasteiger partial charge is 0.0465 e. The number of hydrogen-bond donors (Lipinski definition) is 1. The van der Waals surface area contributed by atoms with Crippen molar-refractivity contribution in [3.05, 3.63) is 35.4 Å². The molecule has 1 aromatic rings. The highest BCUT2D eigenvalue weighted by Crippen LogP contribution is 2.36. The molecule has 21 heavy (non-hydrogen) atoms. The predicted octanol–water partition coefficient (Wildman–Crippen LogP) is 2.59. The first-order chi connectivity index (χ1) is 10.1. The number of nitrogens with zero attached hydrogens (tertiary/aromatic N) is 2. The molecule has 1 aliphatic carbocycles. The standard InChI is InChI=1S/C18H29N3/c1-20-11-4-12-21(2)17(13-20)18(19)16-9-7-15(8-10-16)14-5-3-6-14/h7-10,14,17-18H,3-6,11-13,19H2,1-2H3. The second-order valence-electron chi connectivity index (χ2n) is 6.98. The van der Waals surface area contributed by atoms with Gasteiger partial charge in [-0.1, -0.05) is 30.7 Å². The van der Waals surface area contributed by atoms with Crippen LogP contribution in [-0.2, 0) is 0 Å². The summed E-state index contributed by atoms with van der Waals surface area (Å²) in [6.45, 7) is 3.37. The van der Waals surface area contributed by atoms with Gasteiger partial charge >= 0.3 is 0 Å². The highest BCUT2D eigenvalue weighted by atomic mass is 15.2. The van der Waals surface area contributed by atoms with Crippen LogP contribution in [0.5, 0.6) is 0 Å². The van der Waals surface area contributed by atoms with Gasteiger partial charge in [0, 0.05) is 18.6 Å². The lowest BCUT2D eigenvalue weighted by atomic mass is 9.79. The van der Waals surface area contributed by atoms with Crippen molar-refractivity contribution < 1.29 is 0 Å². The molecule has 2 N–H and O–H groups in total. The van der Waals surface area contributed by atoms with Crippen LogP contribution in [0, 0.1) is 0 Å². The molecule has 0 bridgehead atoms. The van der Waals surface area contributed by atoms with Crippen LogP contribution in [0.15, 0.2) is 24.3 Å². The second kappa shape index (κ2) is 6.47. The van der Waals surface area contributed by atoms with Crippen LogP contribution in [0.3, 0.4) is 0 Å². The Labute approximate surface area is 129 Å². The molecule has 116 valence electrons. The Morgan fingerprint density at radius 2 is 1.76 bits per heavy atom. The highest BCUT2D eigenvalue weighted by molar-refractivity contribution is 5.29. The van der Waals surface area contributed by atoms with Crippen LogP contribution in [0.25, 0.3) is 0 Å². The van der Waals surface area contributed by atoms with Crippen molar-refractivity contribution in [2.75, 3.05) is 33.7 Å². The van der Waals surface area contributed by atoms with E-state index in [0.29, 0.717) is 6.04 Å². The number of likely N-dealkylation sites (N-methyl/N-ethyl adjacent to an activating group) is 2. The van der Waals surface area contributed by atoms with Gasteiger partial charge in [0.15, 0.2) is 0 Å².